The van der Waals surface area contributed by atoms with Gasteiger partial charge in [0.1, 0.15) is 5.75 Å². The highest BCUT2D eigenvalue weighted by Crippen LogP contribution is 2.48. The number of anilines is 1. The molecule has 2 aromatic rings. The van der Waals surface area contributed by atoms with E-state index < -0.39 is 21.2 Å². The minimum Gasteiger partial charge on any atom is -0.490 e. The van der Waals surface area contributed by atoms with Gasteiger partial charge in [-0.1, -0.05) is 31.0 Å². The maximum atomic E-state index is 13.6. The van der Waals surface area contributed by atoms with Crippen molar-refractivity contribution in [3.05, 3.63) is 58.1 Å². The van der Waals surface area contributed by atoms with Crippen LogP contribution < -0.4 is 14.4 Å². The van der Waals surface area contributed by atoms with Crippen molar-refractivity contribution in [2.24, 2.45) is 23.7 Å². The molecular formula is C40H55ClN4O5S. The molecule has 2 aromatic carbocycles. The molecule has 2 saturated heterocycles. The molecule has 4 heterocycles. The normalized spacial score (nSPS) is 34.6. The van der Waals surface area contributed by atoms with Gasteiger partial charge in [0.05, 0.1) is 30.8 Å². The van der Waals surface area contributed by atoms with Crippen molar-refractivity contribution in [3.8, 4) is 5.75 Å². The number of amides is 1. The quantitative estimate of drug-likeness (QED) is 0.418. The molecule has 51 heavy (non-hydrogen) atoms. The summed E-state index contributed by atoms with van der Waals surface area (Å²) in [6, 6.07) is 12.3. The first-order valence-electron chi connectivity index (χ1n) is 19.5. The summed E-state index contributed by atoms with van der Waals surface area (Å²) in [5.41, 5.74) is 3.65. The lowest BCUT2D eigenvalue weighted by Gasteiger charge is -2.49. The molecule has 1 saturated carbocycles. The Labute approximate surface area is 309 Å². The van der Waals surface area contributed by atoms with Crippen molar-refractivity contribution in [2.75, 3.05) is 70.5 Å². The molecule has 0 unspecified atom stereocenters. The summed E-state index contributed by atoms with van der Waals surface area (Å²) in [4.78, 5) is 21.4. The molecule has 11 heteroatoms. The minimum atomic E-state index is -3.87. The SMILES string of the molecule is C[C@@H]1[C@@H](C)CCC[C@@H](CN2CCN3CCOC[C@@H]3C2)[C@@H]2CC[C@H]2CN2C[C@@]3(CCCc4cc(Cl)ccc43)COc3ccc(cc32)C(=O)NS1(=O)=O. The smallest absolute Gasteiger partial charge is 0.264 e. The summed E-state index contributed by atoms with van der Waals surface area (Å²) >= 11 is 6.50. The average Bonchev–Trinajstić information content (AvgIpc) is 3.25. The fourth-order valence-corrected chi connectivity index (χ4v) is 11.8. The van der Waals surface area contributed by atoms with Crippen molar-refractivity contribution in [2.45, 2.75) is 81.9 Å². The number of nitrogens with one attached hydrogen (secondary N) is 1. The van der Waals surface area contributed by atoms with Crippen LogP contribution in [0.4, 0.5) is 5.69 Å². The minimum absolute atomic E-state index is 0.0654. The van der Waals surface area contributed by atoms with Crippen molar-refractivity contribution < 1.29 is 22.7 Å². The first-order valence-corrected chi connectivity index (χ1v) is 21.4. The molecule has 8 rings (SSSR count). The maximum absolute atomic E-state index is 13.6. The van der Waals surface area contributed by atoms with Crippen molar-refractivity contribution in [1.29, 1.82) is 0 Å². The second kappa shape index (κ2) is 14.5. The predicted molar refractivity (Wildman–Crippen MR) is 201 cm³/mol. The molecule has 278 valence electrons. The van der Waals surface area contributed by atoms with Gasteiger partial charge in [-0.05, 0) is 117 Å². The lowest BCUT2D eigenvalue weighted by molar-refractivity contribution is -0.0519. The Hall–Kier alpha value is -2.37. The number of morpholine rings is 1. The first kappa shape index (κ1) is 35.6. The van der Waals surface area contributed by atoms with E-state index in [1.165, 1.54) is 24.0 Å². The van der Waals surface area contributed by atoms with Gasteiger partial charge in [-0.25, -0.2) is 13.1 Å². The fraction of sp³-hybridized carbons (Fsp3) is 0.675. The highest BCUT2D eigenvalue weighted by Gasteiger charge is 2.45. The van der Waals surface area contributed by atoms with Crippen molar-refractivity contribution >= 4 is 33.2 Å². The zero-order chi connectivity index (χ0) is 35.3. The largest absolute Gasteiger partial charge is 0.490 e. The maximum Gasteiger partial charge on any atom is 0.264 e. The Balaban J connectivity index is 1.14. The molecule has 7 atom stereocenters. The molecular weight excluding hydrogens is 684 g/mol. The van der Waals surface area contributed by atoms with Gasteiger partial charge in [-0.3, -0.25) is 9.69 Å². The Bertz CT molecular complexity index is 1720. The summed E-state index contributed by atoms with van der Waals surface area (Å²) < 4.78 is 42.1. The van der Waals surface area contributed by atoms with Crippen LogP contribution in [0.5, 0.6) is 5.75 Å². The number of fused-ring (bicyclic) bond motifs is 5. The van der Waals surface area contributed by atoms with Gasteiger partial charge in [0.15, 0.2) is 0 Å². The standard InChI is InChI=1S/C40H55ClN4O5S/c1-27-5-3-6-31(21-43-15-16-44-17-18-49-24-34(44)23-43)35-11-8-32(35)22-45-25-40(14-4-7-29-19-33(41)10-12-36(29)40)26-50-38-13-9-30(20-37(38)45)39(46)42-51(47,48)28(27)2/h9-10,12-13,19-20,27-28,31-32,34-35H,3-8,11,14-18,21-26H2,1-2H3,(H,42,46)/t27-,28+,31-,32-,34-,35-,40-/m0/s1. The first-order chi connectivity index (χ1) is 24.6. The molecule has 2 bridgehead atoms. The monoisotopic (exact) mass is 738 g/mol. The van der Waals surface area contributed by atoms with Crippen LogP contribution in [0.3, 0.4) is 0 Å². The van der Waals surface area contributed by atoms with Gasteiger partial charge in [0.25, 0.3) is 5.91 Å². The van der Waals surface area contributed by atoms with Gasteiger partial charge in [0, 0.05) is 67.9 Å². The fourth-order valence-electron chi connectivity index (χ4n) is 10.3. The summed E-state index contributed by atoms with van der Waals surface area (Å²) in [6.45, 7) is 13.0. The van der Waals surface area contributed by atoms with Crippen LogP contribution in [0.2, 0.25) is 5.02 Å². The van der Waals surface area contributed by atoms with Crippen LogP contribution in [0.15, 0.2) is 36.4 Å². The number of halogens is 1. The molecule has 0 radical (unpaired) electrons. The van der Waals surface area contributed by atoms with E-state index in [9.17, 15) is 13.2 Å². The Morgan fingerprint density at radius 1 is 1.00 bits per heavy atom. The van der Waals surface area contributed by atoms with Gasteiger partial charge in [-0.2, -0.15) is 0 Å². The predicted octanol–water partition coefficient (Wildman–Crippen LogP) is 5.74. The molecule has 1 N–H and O–H groups in total. The van der Waals surface area contributed by atoms with E-state index in [1.807, 2.05) is 25.1 Å². The highest BCUT2D eigenvalue weighted by atomic mass is 35.5. The lowest BCUT2D eigenvalue weighted by Crippen LogP contribution is -2.59. The van der Waals surface area contributed by atoms with Crippen LogP contribution in [-0.2, 0) is 26.6 Å². The zero-order valence-electron chi connectivity index (χ0n) is 30.3. The molecule has 1 amide bonds. The van der Waals surface area contributed by atoms with Gasteiger partial charge < -0.3 is 19.3 Å². The highest BCUT2D eigenvalue weighted by molar-refractivity contribution is 7.90. The Morgan fingerprint density at radius 2 is 1.88 bits per heavy atom. The Kier molecular flexibility index (Phi) is 10.1. The number of benzene rings is 2. The van der Waals surface area contributed by atoms with Gasteiger partial charge in [-0.15, -0.1) is 0 Å². The van der Waals surface area contributed by atoms with E-state index in [2.05, 4.69) is 31.6 Å². The topological polar surface area (TPSA) is 91.4 Å². The third kappa shape index (κ3) is 7.17. The van der Waals surface area contributed by atoms with Gasteiger partial charge in [0.2, 0.25) is 10.0 Å². The summed E-state index contributed by atoms with van der Waals surface area (Å²) in [5.74, 6) is 1.80. The number of hydrogen-bond donors (Lipinski definition) is 1. The number of carbonyl (C=O) groups excluding carboxylic acids is 1. The van der Waals surface area contributed by atoms with E-state index in [0.29, 0.717) is 36.0 Å². The second-order valence-corrected chi connectivity index (χ2v) is 19.1. The van der Waals surface area contributed by atoms with Crippen LogP contribution in [0.1, 0.15) is 80.3 Å². The van der Waals surface area contributed by atoms with E-state index in [4.69, 9.17) is 21.1 Å². The third-order valence-corrected chi connectivity index (χ3v) is 15.8. The molecule has 2 aliphatic carbocycles. The zero-order valence-corrected chi connectivity index (χ0v) is 31.9. The van der Waals surface area contributed by atoms with Crippen molar-refractivity contribution in [1.82, 2.24) is 14.5 Å². The molecule has 1 spiro atoms. The Morgan fingerprint density at radius 3 is 2.73 bits per heavy atom. The van der Waals surface area contributed by atoms with Crippen LogP contribution in [-0.4, -0.2) is 101 Å². The number of aryl methyl sites for hydroxylation is 1. The number of nitrogens with zero attached hydrogens (tertiary/aromatic N) is 3. The second-order valence-electron chi connectivity index (χ2n) is 16.7. The van der Waals surface area contributed by atoms with Crippen molar-refractivity contribution in [3.63, 3.8) is 0 Å². The summed E-state index contributed by atoms with van der Waals surface area (Å²) in [6.07, 6.45) is 8.42. The average molecular weight is 739 g/mol. The van der Waals surface area contributed by atoms with Crippen LogP contribution in [0, 0.1) is 23.7 Å². The number of carbonyl (C=O) groups is 1. The van der Waals surface area contributed by atoms with E-state index >= 15 is 0 Å². The summed E-state index contributed by atoms with van der Waals surface area (Å²) in [5, 5.41) is 0.0905. The number of ether oxygens (including phenoxy) is 2. The molecule has 4 aliphatic heterocycles. The molecule has 0 aromatic heterocycles. The van der Waals surface area contributed by atoms with Gasteiger partial charge >= 0.3 is 0 Å². The summed E-state index contributed by atoms with van der Waals surface area (Å²) in [7, 11) is -3.87. The van der Waals surface area contributed by atoms with Crippen LogP contribution >= 0.6 is 11.6 Å². The number of sulfonamides is 1. The van der Waals surface area contributed by atoms with Crippen LogP contribution in [0.25, 0.3) is 0 Å². The van der Waals surface area contributed by atoms with E-state index in [1.54, 1.807) is 13.0 Å². The lowest BCUT2D eigenvalue weighted by atomic mass is 9.65. The molecule has 9 nitrogen and oxygen atoms in total. The third-order valence-electron chi connectivity index (χ3n) is 13.6. The number of piperazine rings is 1. The van der Waals surface area contributed by atoms with E-state index in [-0.39, 0.29) is 11.3 Å². The molecule has 3 fully saturated rings. The number of hydrogen-bond acceptors (Lipinski definition) is 8. The number of rotatable bonds is 2. The van der Waals surface area contributed by atoms with E-state index in [0.717, 1.165) is 114 Å². The molecule has 6 aliphatic rings.